The van der Waals surface area contributed by atoms with E-state index < -0.39 is 18.0 Å². The second-order valence-corrected chi connectivity index (χ2v) is 9.37. The van der Waals surface area contributed by atoms with Gasteiger partial charge in [-0.1, -0.05) is 29.8 Å². The first-order chi connectivity index (χ1) is 17.2. The minimum atomic E-state index is -1.07. The summed E-state index contributed by atoms with van der Waals surface area (Å²) in [5.74, 6) is -0.293. The summed E-state index contributed by atoms with van der Waals surface area (Å²) in [6, 6.07) is 10.9. The Balaban J connectivity index is 1.61. The molecule has 0 bridgehead atoms. The minimum absolute atomic E-state index is 0.308. The van der Waals surface area contributed by atoms with Crippen molar-refractivity contribution in [2.45, 2.75) is 45.9 Å². The van der Waals surface area contributed by atoms with Gasteiger partial charge in [0.05, 0.1) is 36.0 Å². The predicted octanol–water partition coefficient (Wildman–Crippen LogP) is 4.86. The molecule has 0 radical (unpaired) electrons. The molecule has 0 fully saturated rings. The summed E-state index contributed by atoms with van der Waals surface area (Å²) >= 11 is 6.22. The van der Waals surface area contributed by atoms with E-state index in [1.807, 2.05) is 24.3 Å². The topological polar surface area (TPSA) is 90.0 Å². The number of amides is 1. The van der Waals surface area contributed by atoms with Gasteiger partial charge in [0.2, 0.25) is 0 Å². The normalized spacial score (nSPS) is 14.3. The van der Waals surface area contributed by atoms with Crippen LogP contribution in [0.25, 0.3) is 10.9 Å². The number of nitrogens with one attached hydrogen (secondary N) is 1. The number of carbonyl (C=O) groups excluding carboxylic acids is 2. The van der Waals surface area contributed by atoms with E-state index >= 15 is 0 Å². The Kier molecular flexibility index (Phi) is 7.66. The highest BCUT2D eigenvalue weighted by molar-refractivity contribution is 6.32. The minimum Gasteiger partial charge on any atom is -0.495 e. The fraction of sp³-hybridized carbons (Fsp3) is 0.370. The molecular formula is C27H30ClN3O5. The van der Waals surface area contributed by atoms with Gasteiger partial charge in [-0.15, -0.1) is 0 Å². The zero-order valence-corrected chi connectivity index (χ0v) is 21.8. The first-order valence-corrected chi connectivity index (χ1v) is 12.2. The maximum absolute atomic E-state index is 13.5. The molecule has 1 aliphatic heterocycles. The molecule has 9 heteroatoms. The largest absolute Gasteiger partial charge is 0.495 e. The van der Waals surface area contributed by atoms with E-state index in [2.05, 4.69) is 24.1 Å². The van der Waals surface area contributed by atoms with Crippen molar-refractivity contribution in [2.75, 3.05) is 26.1 Å². The van der Waals surface area contributed by atoms with E-state index in [9.17, 15) is 9.59 Å². The van der Waals surface area contributed by atoms with Crippen LogP contribution in [-0.2, 0) is 22.5 Å². The van der Waals surface area contributed by atoms with Crippen LogP contribution in [0.4, 0.5) is 5.69 Å². The van der Waals surface area contributed by atoms with E-state index in [0.29, 0.717) is 45.7 Å². The van der Waals surface area contributed by atoms with Gasteiger partial charge in [-0.2, -0.15) is 0 Å². The van der Waals surface area contributed by atoms with Gasteiger partial charge in [0.1, 0.15) is 11.5 Å². The summed E-state index contributed by atoms with van der Waals surface area (Å²) in [6.07, 6.45) is -0.331. The number of rotatable bonds is 7. The highest BCUT2D eigenvalue weighted by Gasteiger charge is 2.29. The van der Waals surface area contributed by atoms with E-state index in [4.69, 9.17) is 30.8 Å². The molecule has 4 rings (SSSR count). The Labute approximate surface area is 215 Å². The molecule has 1 aromatic heterocycles. The van der Waals surface area contributed by atoms with Crippen LogP contribution in [0, 0.1) is 0 Å². The average Bonchev–Trinajstić information content (AvgIpc) is 2.86. The number of anilines is 1. The predicted molar refractivity (Wildman–Crippen MR) is 139 cm³/mol. The van der Waals surface area contributed by atoms with Crippen LogP contribution in [0.2, 0.25) is 5.02 Å². The summed E-state index contributed by atoms with van der Waals surface area (Å²) < 4.78 is 16.2. The van der Waals surface area contributed by atoms with Crippen LogP contribution in [0.3, 0.4) is 0 Å². The zero-order valence-electron chi connectivity index (χ0n) is 21.1. The number of halogens is 1. The van der Waals surface area contributed by atoms with Crippen LogP contribution in [0.15, 0.2) is 36.4 Å². The molecule has 3 aromatic rings. The van der Waals surface area contributed by atoms with Gasteiger partial charge in [-0.05, 0) is 32.9 Å². The molecule has 0 aliphatic carbocycles. The molecule has 0 saturated heterocycles. The molecule has 8 nitrogen and oxygen atoms in total. The monoisotopic (exact) mass is 511 g/mol. The third-order valence-electron chi connectivity index (χ3n) is 6.40. The van der Waals surface area contributed by atoms with Crippen LogP contribution >= 0.6 is 11.6 Å². The third-order valence-corrected chi connectivity index (χ3v) is 6.69. The zero-order chi connectivity index (χ0) is 26.0. The quantitative estimate of drug-likeness (QED) is 0.453. The number of benzene rings is 2. The molecule has 0 spiro atoms. The van der Waals surface area contributed by atoms with E-state index in [1.165, 1.54) is 27.2 Å². The van der Waals surface area contributed by atoms with Crippen molar-refractivity contribution >= 4 is 40.1 Å². The fourth-order valence-corrected chi connectivity index (χ4v) is 4.59. The Hall–Kier alpha value is -3.36. The molecule has 2 aromatic carbocycles. The fourth-order valence-electron chi connectivity index (χ4n) is 4.35. The lowest BCUT2D eigenvalue weighted by molar-refractivity contribution is -0.123. The number of hydrogen-bond acceptors (Lipinski definition) is 7. The standard InChI is InChI=1S/C27H30ClN3O5/c1-15(2)31-11-10-21-18(14-31)25(17-8-6-7-9-20(17)29-21)27(33)36-16(3)26(32)30-22-12-19(28)23(34-4)13-24(22)35-5/h6-9,12-13,15-16H,10-11,14H2,1-5H3,(H,30,32). The van der Waals surface area contributed by atoms with Gasteiger partial charge in [-0.25, -0.2) is 4.79 Å². The van der Waals surface area contributed by atoms with Crippen molar-refractivity contribution in [1.82, 2.24) is 9.88 Å². The van der Waals surface area contributed by atoms with Crippen molar-refractivity contribution in [3.8, 4) is 11.5 Å². The number of esters is 1. The Morgan fingerprint density at radius 1 is 1.08 bits per heavy atom. The maximum atomic E-state index is 13.5. The van der Waals surface area contributed by atoms with E-state index in [1.54, 1.807) is 6.07 Å². The van der Waals surface area contributed by atoms with Crippen molar-refractivity contribution in [1.29, 1.82) is 0 Å². The molecule has 36 heavy (non-hydrogen) atoms. The number of carbonyl (C=O) groups is 2. The second-order valence-electron chi connectivity index (χ2n) is 8.97. The lowest BCUT2D eigenvalue weighted by Gasteiger charge is -2.32. The van der Waals surface area contributed by atoms with Crippen LogP contribution in [-0.4, -0.2) is 54.7 Å². The lowest BCUT2D eigenvalue weighted by atomic mass is 9.95. The van der Waals surface area contributed by atoms with Crippen molar-refractivity contribution in [2.24, 2.45) is 0 Å². The average molecular weight is 512 g/mol. The number of aromatic nitrogens is 1. The van der Waals surface area contributed by atoms with Crippen LogP contribution < -0.4 is 14.8 Å². The Morgan fingerprint density at radius 3 is 2.50 bits per heavy atom. The third kappa shape index (κ3) is 5.10. The van der Waals surface area contributed by atoms with Gasteiger partial charge < -0.3 is 19.5 Å². The number of pyridine rings is 1. The molecule has 1 atom stereocenters. The molecule has 2 heterocycles. The first kappa shape index (κ1) is 25.7. The van der Waals surface area contributed by atoms with Gasteiger partial charge in [0.25, 0.3) is 5.91 Å². The first-order valence-electron chi connectivity index (χ1n) is 11.8. The molecule has 190 valence electrons. The van der Waals surface area contributed by atoms with Gasteiger partial charge in [0.15, 0.2) is 6.10 Å². The van der Waals surface area contributed by atoms with Crippen molar-refractivity contribution < 1.29 is 23.8 Å². The highest BCUT2D eigenvalue weighted by atomic mass is 35.5. The number of nitrogens with zero attached hydrogens (tertiary/aromatic N) is 2. The van der Waals surface area contributed by atoms with Gasteiger partial charge >= 0.3 is 5.97 Å². The smallest absolute Gasteiger partial charge is 0.339 e. The van der Waals surface area contributed by atoms with Crippen LogP contribution in [0.5, 0.6) is 11.5 Å². The number of ether oxygens (including phenoxy) is 3. The molecule has 1 unspecified atom stereocenters. The number of methoxy groups -OCH3 is 2. The Bertz CT molecular complexity index is 1310. The molecule has 1 amide bonds. The summed E-state index contributed by atoms with van der Waals surface area (Å²) in [6.45, 7) is 7.25. The summed E-state index contributed by atoms with van der Waals surface area (Å²) in [4.78, 5) is 33.6. The summed E-state index contributed by atoms with van der Waals surface area (Å²) in [5, 5.41) is 3.75. The summed E-state index contributed by atoms with van der Waals surface area (Å²) in [5.41, 5.74) is 3.29. The lowest BCUT2D eigenvalue weighted by Crippen LogP contribution is -2.37. The van der Waals surface area contributed by atoms with Gasteiger partial charge in [-0.3, -0.25) is 14.7 Å². The SMILES string of the molecule is COc1cc(OC)c(NC(=O)C(C)OC(=O)c2c3c(nc4ccccc24)CCN(C(C)C)C3)cc1Cl. The Morgan fingerprint density at radius 2 is 1.81 bits per heavy atom. The van der Waals surface area contributed by atoms with E-state index in [-0.39, 0.29) is 0 Å². The number of para-hydroxylation sites is 1. The molecule has 0 saturated carbocycles. The highest BCUT2D eigenvalue weighted by Crippen LogP contribution is 2.36. The van der Waals surface area contributed by atoms with E-state index in [0.717, 1.165) is 29.7 Å². The van der Waals surface area contributed by atoms with Crippen molar-refractivity contribution in [3.05, 3.63) is 58.2 Å². The molecule has 1 N–H and O–H groups in total. The number of fused-ring (bicyclic) bond motifs is 2. The van der Waals surface area contributed by atoms with Crippen LogP contribution in [0.1, 0.15) is 42.4 Å². The summed E-state index contributed by atoms with van der Waals surface area (Å²) in [7, 11) is 2.96. The molecule has 1 aliphatic rings. The maximum Gasteiger partial charge on any atom is 0.339 e. The van der Waals surface area contributed by atoms with Crippen molar-refractivity contribution in [3.63, 3.8) is 0 Å². The van der Waals surface area contributed by atoms with Gasteiger partial charge in [0, 0.05) is 48.3 Å². The second kappa shape index (κ2) is 10.7. The number of hydrogen-bond donors (Lipinski definition) is 1. The molecular weight excluding hydrogens is 482 g/mol.